The minimum atomic E-state index is -1.95. The van der Waals surface area contributed by atoms with Gasteiger partial charge in [0.15, 0.2) is 0 Å². The van der Waals surface area contributed by atoms with Crippen LogP contribution in [-0.4, -0.2) is 16.0 Å². The van der Waals surface area contributed by atoms with Crippen LogP contribution in [0.25, 0.3) is 0 Å². The molecule has 1 aromatic rings. The average Bonchev–Trinajstić information content (AvgIpc) is 2.57. The lowest BCUT2D eigenvalue weighted by Gasteiger charge is -2.35. The Morgan fingerprint density at radius 3 is 2.87 bits per heavy atom. The summed E-state index contributed by atoms with van der Waals surface area (Å²) in [6.45, 7) is 2.02. The maximum absolute atomic E-state index is 11.1. The molecular formula is C9H11N2O3S-. The van der Waals surface area contributed by atoms with Gasteiger partial charge < -0.3 is 10.4 Å². The fraction of sp³-hybridized carbons (Fsp3) is 0.444. The number of nitrogens with zero attached hydrogens (tertiary/aromatic N) is 2. The molecule has 1 fully saturated rings. The molecule has 2 heterocycles. The van der Waals surface area contributed by atoms with Gasteiger partial charge in [-0.1, -0.05) is 13.0 Å². The van der Waals surface area contributed by atoms with Crippen molar-refractivity contribution in [1.29, 1.82) is 0 Å². The van der Waals surface area contributed by atoms with Crippen molar-refractivity contribution in [2.45, 2.75) is 18.1 Å². The van der Waals surface area contributed by atoms with Crippen LogP contribution in [0, 0.1) is 10.4 Å². The second-order valence-corrected chi connectivity index (χ2v) is 4.79. The molecule has 0 saturated carbocycles. The molecule has 15 heavy (non-hydrogen) atoms. The zero-order chi connectivity index (χ0) is 10.9. The number of rotatable bonds is 2. The van der Waals surface area contributed by atoms with Crippen molar-refractivity contribution >= 4 is 11.9 Å². The zero-order valence-corrected chi connectivity index (χ0v) is 9.07. The fourth-order valence-electron chi connectivity index (χ4n) is 1.55. The van der Waals surface area contributed by atoms with E-state index in [2.05, 4.69) is 9.82 Å². The van der Waals surface area contributed by atoms with Crippen molar-refractivity contribution in [3.63, 3.8) is 0 Å². The first kappa shape index (κ1) is 10.8. The lowest BCUT2D eigenvalue weighted by molar-refractivity contribution is -0.907. The molecule has 1 saturated heterocycles. The van der Waals surface area contributed by atoms with Crippen molar-refractivity contribution in [3.8, 4) is 0 Å². The Morgan fingerprint density at radius 2 is 2.40 bits per heavy atom. The lowest BCUT2D eigenvalue weighted by Crippen LogP contribution is -2.24. The van der Waals surface area contributed by atoms with Gasteiger partial charge in [0.2, 0.25) is 0 Å². The molecule has 0 amide bonds. The Bertz CT molecular complexity index is 346. The van der Waals surface area contributed by atoms with Gasteiger partial charge in [-0.15, -0.1) is 0 Å². The molecule has 5 nitrogen and oxygen atoms in total. The Labute approximate surface area is 91.9 Å². The van der Waals surface area contributed by atoms with Crippen LogP contribution in [0.2, 0.25) is 0 Å². The third-order valence-corrected chi connectivity index (χ3v) is 3.74. The van der Waals surface area contributed by atoms with E-state index >= 15 is 0 Å². The van der Waals surface area contributed by atoms with Gasteiger partial charge >= 0.3 is 0 Å². The second-order valence-electron chi connectivity index (χ2n) is 3.37. The minimum Gasteiger partial charge on any atom is -0.585 e. The van der Waals surface area contributed by atoms with Crippen molar-refractivity contribution in [1.82, 2.24) is 4.98 Å². The van der Waals surface area contributed by atoms with E-state index in [1.165, 1.54) is 0 Å². The van der Waals surface area contributed by atoms with Crippen LogP contribution in [-0.2, 0) is 9.58 Å². The quantitative estimate of drug-likeness (QED) is 0.439. The molecule has 1 aliphatic heterocycles. The van der Waals surface area contributed by atoms with E-state index in [0.717, 1.165) is 5.69 Å². The third kappa shape index (κ3) is 1.99. The third-order valence-electron chi connectivity index (χ3n) is 2.45. The highest BCUT2D eigenvalue weighted by molar-refractivity contribution is 7.95. The van der Waals surface area contributed by atoms with Gasteiger partial charge in [0.05, 0.1) is 5.69 Å². The summed E-state index contributed by atoms with van der Waals surface area (Å²) in [4.78, 5) is 8.83. The van der Waals surface area contributed by atoms with Crippen LogP contribution in [0.3, 0.4) is 0 Å². The highest BCUT2D eigenvalue weighted by Gasteiger charge is 2.47. The van der Waals surface area contributed by atoms with E-state index in [-0.39, 0.29) is 6.61 Å². The fourth-order valence-corrected chi connectivity index (χ4v) is 2.53. The molecule has 0 radical (unpaired) electrons. The van der Waals surface area contributed by atoms with Crippen molar-refractivity contribution in [2.75, 3.05) is 6.61 Å². The van der Waals surface area contributed by atoms with E-state index in [1.807, 2.05) is 19.1 Å². The summed E-state index contributed by atoms with van der Waals surface area (Å²) in [6.07, 6.45) is 2.29. The highest BCUT2D eigenvalue weighted by Crippen LogP contribution is 2.49. The van der Waals surface area contributed by atoms with Crippen LogP contribution in [0.5, 0.6) is 0 Å². The molecule has 2 rings (SSSR count). The van der Waals surface area contributed by atoms with Crippen molar-refractivity contribution in [2.24, 2.45) is 0 Å². The van der Waals surface area contributed by atoms with Gasteiger partial charge in [-0.25, -0.2) is 0 Å². The van der Waals surface area contributed by atoms with E-state index < -0.39 is 9.13 Å². The van der Waals surface area contributed by atoms with Crippen molar-refractivity contribution in [3.05, 3.63) is 40.5 Å². The predicted molar refractivity (Wildman–Crippen MR) is 56.7 cm³/mol. The van der Waals surface area contributed by atoms with Crippen LogP contribution in [0.15, 0.2) is 24.4 Å². The van der Waals surface area contributed by atoms with Crippen LogP contribution in [0.4, 0.5) is 0 Å². The summed E-state index contributed by atoms with van der Waals surface area (Å²) in [7, 11) is 0. The van der Waals surface area contributed by atoms with Crippen LogP contribution in [0.1, 0.15) is 19.0 Å². The number of hydrogen-bond donors (Lipinski definition) is 0. The smallest absolute Gasteiger partial charge is 0.145 e. The molecule has 0 aromatic carbocycles. The largest absolute Gasteiger partial charge is 0.585 e. The molecule has 1 aliphatic rings. The molecule has 1 atom stereocenters. The number of hydrogen-bond acceptors (Lipinski definition) is 5. The molecule has 1 aromatic heterocycles. The van der Waals surface area contributed by atoms with Crippen molar-refractivity contribution < 1.29 is 9.22 Å². The summed E-state index contributed by atoms with van der Waals surface area (Å²) < 4.78 is -2.56. The van der Waals surface area contributed by atoms with Crippen LogP contribution >= 0.6 is 11.9 Å². The molecule has 0 bridgehead atoms. The van der Waals surface area contributed by atoms with E-state index in [0.29, 0.717) is 18.4 Å². The molecule has 0 N–H and O–H groups in total. The van der Waals surface area contributed by atoms with Crippen LogP contribution < -0.4 is 0 Å². The van der Waals surface area contributed by atoms with E-state index in [9.17, 15) is 10.4 Å². The predicted octanol–water partition coefficient (Wildman–Crippen LogP) is 2.09. The van der Waals surface area contributed by atoms with Gasteiger partial charge in [-0.3, -0.25) is 4.98 Å². The molecule has 82 valence electrons. The number of quaternary nitrogens is 1. The zero-order valence-electron chi connectivity index (χ0n) is 8.25. The Morgan fingerprint density at radius 1 is 1.60 bits per heavy atom. The SMILES string of the molecule is CC[C@@]1(c2ccccn2)CO[N+]([O-])([O-])S1. The normalized spacial score (nSPS) is 29.3. The molecular weight excluding hydrogens is 216 g/mol. The summed E-state index contributed by atoms with van der Waals surface area (Å²) >= 11 is 0.710. The van der Waals surface area contributed by atoms with Gasteiger partial charge in [-0.05, 0) is 18.6 Å². The highest BCUT2D eigenvalue weighted by atomic mass is 32.2. The Kier molecular flexibility index (Phi) is 2.70. The first-order valence-corrected chi connectivity index (χ1v) is 5.43. The maximum Gasteiger partial charge on any atom is 0.145 e. The summed E-state index contributed by atoms with van der Waals surface area (Å²) in [5.41, 5.74) is 0.726. The summed E-state index contributed by atoms with van der Waals surface area (Å²) in [5.74, 6) is 0. The lowest BCUT2D eigenvalue weighted by atomic mass is 10.0. The second kappa shape index (κ2) is 3.73. The Balaban J connectivity index is 2.32. The van der Waals surface area contributed by atoms with Gasteiger partial charge in [0, 0.05) is 6.20 Å². The van der Waals surface area contributed by atoms with Gasteiger partial charge in [0.1, 0.15) is 23.3 Å². The topological polar surface area (TPSA) is 68.2 Å². The standard InChI is InChI=1S/C9H11N2O3S/c1-2-9(7-14-11(12,13)15-9)8-5-3-4-6-10-8/h3-6H,2,7H2,1H3/q-1/t9-/m0/s1. The number of aromatic nitrogens is 1. The summed E-state index contributed by atoms with van der Waals surface area (Å²) in [6, 6.07) is 5.44. The van der Waals surface area contributed by atoms with Gasteiger partial charge in [0.25, 0.3) is 0 Å². The minimum absolute atomic E-state index is 0.109. The first-order chi connectivity index (χ1) is 7.08. The molecule has 0 unspecified atom stereocenters. The van der Waals surface area contributed by atoms with E-state index in [4.69, 9.17) is 0 Å². The van der Waals surface area contributed by atoms with E-state index in [1.54, 1.807) is 12.3 Å². The Hall–Kier alpha value is -0.660. The first-order valence-electron chi connectivity index (χ1n) is 4.66. The summed E-state index contributed by atoms with van der Waals surface area (Å²) in [5, 5.41) is 22.3. The number of pyridine rings is 1. The molecule has 0 spiro atoms. The van der Waals surface area contributed by atoms with Gasteiger partial charge in [-0.2, -0.15) is 9.22 Å². The average molecular weight is 227 g/mol. The molecule has 0 aliphatic carbocycles. The molecule has 6 heteroatoms. The monoisotopic (exact) mass is 227 g/mol. The maximum atomic E-state index is 11.1.